The molecule has 8 nitrogen and oxygen atoms in total. The number of aliphatic carboxylic acids is 1. The Kier molecular flexibility index (Phi) is 6.08. The summed E-state index contributed by atoms with van der Waals surface area (Å²) in [4.78, 5) is 50.7. The summed E-state index contributed by atoms with van der Waals surface area (Å²) in [6, 6.07) is -0.912. The summed E-state index contributed by atoms with van der Waals surface area (Å²) in [5.41, 5.74) is 0.434. The number of thiazole rings is 1. The molecule has 1 heterocycles. The van der Waals surface area contributed by atoms with Crippen molar-refractivity contribution in [2.45, 2.75) is 26.7 Å². The summed E-state index contributed by atoms with van der Waals surface area (Å²) in [5, 5.41) is 11.1. The van der Waals surface area contributed by atoms with Crippen LogP contribution < -0.4 is 5.32 Å². The van der Waals surface area contributed by atoms with Gasteiger partial charge in [0.15, 0.2) is 10.9 Å². The van der Waals surface area contributed by atoms with Crippen molar-refractivity contribution < 1.29 is 24.3 Å². The summed E-state index contributed by atoms with van der Waals surface area (Å²) in [6.45, 7) is 3.93. The van der Waals surface area contributed by atoms with Crippen LogP contribution in [0.15, 0.2) is 0 Å². The van der Waals surface area contributed by atoms with E-state index in [1.807, 2.05) is 13.8 Å². The molecule has 2 rings (SSSR count). The predicted octanol–water partition coefficient (Wildman–Crippen LogP) is 0.725. The summed E-state index contributed by atoms with van der Waals surface area (Å²) in [6.07, 6.45) is 1.03. The van der Waals surface area contributed by atoms with Gasteiger partial charge in [0.2, 0.25) is 0 Å². The van der Waals surface area contributed by atoms with Crippen LogP contribution in [0.5, 0.6) is 0 Å². The summed E-state index contributed by atoms with van der Waals surface area (Å²) in [7, 11) is 1.05. The van der Waals surface area contributed by atoms with Gasteiger partial charge >= 0.3 is 47.5 Å². The number of urea groups is 1. The zero-order valence-electron chi connectivity index (χ0n) is 12.3. The third-order valence-corrected chi connectivity index (χ3v) is 4.30. The third kappa shape index (κ3) is 4.37. The van der Waals surface area contributed by atoms with Crippen molar-refractivity contribution in [1.82, 2.24) is 9.88 Å². The zero-order chi connectivity index (χ0) is 16.7. The van der Waals surface area contributed by atoms with Gasteiger partial charge in [-0.05, 0) is 11.8 Å². The molecule has 0 radical (unpaired) electrons. The van der Waals surface area contributed by atoms with E-state index >= 15 is 0 Å². The second-order valence-electron chi connectivity index (χ2n) is 5.84. The van der Waals surface area contributed by atoms with Crippen molar-refractivity contribution in [1.29, 1.82) is 0 Å². The molecule has 0 saturated heterocycles. The maximum absolute atomic E-state index is 12.0. The standard InChI is InChI=1S/C13H15N3O5S.Na.H/c1-13(2)4-6-8(7(17)5-13)22-11(14-6)15-12(21)16(3)9(18)10(19)20;;/h4-5H2,1-3H3,(H,19,20)(H,14,15,21);;. The van der Waals surface area contributed by atoms with Gasteiger partial charge < -0.3 is 5.11 Å². The number of hydrogen-bond donors (Lipinski definition) is 2. The Morgan fingerprint density at radius 3 is 2.48 bits per heavy atom. The fraction of sp³-hybridized carbons (Fsp3) is 0.462. The zero-order valence-corrected chi connectivity index (χ0v) is 13.1. The number of nitrogens with one attached hydrogen (secondary N) is 1. The second-order valence-corrected chi connectivity index (χ2v) is 6.83. The Balaban J connectivity index is 0.00000264. The Bertz CT molecular complexity index is 685. The predicted molar refractivity (Wildman–Crippen MR) is 85.1 cm³/mol. The molecule has 0 bridgehead atoms. The minimum absolute atomic E-state index is 0. The molecule has 0 atom stereocenters. The molecule has 1 aliphatic rings. The van der Waals surface area contributed by atoms with Crippen LogP contribution in [-0.2, 0) is 16.0 Å². The molecule has 0 saturated carbocycles. The van der Waals surface area contributed by atoms with E-state index in [-0.39, 0.29) is 45.9 Å². The molecule has 0 unspecified atom stereocenters. The Morgan fingerprint density at radius 2 is 1.91 bits per heavy atom. The number of likely N-dealkylation sites (N-methyl/N-ethyl adjacent to an activating group) is 1. The third-order valence-electron chi connectivity index (χ3n) is 3.24. The van der Waals surface area contributed by atoms with Crippen LogP contribution in [0.25, 0.3) is 0 Å². The fourth-order valence-corrected chi connectivity index (χ4v) is 3.09. The van der Waals surface area contributed by atoms with Gasteiger partial charge in [0.1, 0.15) is 0 Å². The molecule has 3 amide bonds. The Morgan fingerprint density at radius 1 is 1.30 bits per heavy atom. The van der Waals surface area contributed by atoms with Gasteiger partial charge in [-0.1, -0.05) is 25.2 Å². The van der Waals surface area contributed by atoms with Gasteiger partial charge in [-0.25, -0.2) is 14.6 Å². The number of Topliss-reactive ketones (excluding diaryl/α,β-unsaturated/α-hetero) is 1. The molecule has 120 valence electrons. The van der Waals surface area contributed by atoms with Crippen molar-refractivity contribution in [2.75, 3.05) is 12.4 Å². The van der Waals surface area contributed by atoms with E-state index in [9.17, 15) is 19.2 Å². The van der Waals surface area contributed by atoms with Crippen molar-refractivity contribution >= 4 is 69.7 Å². The van der Waals surface area contributed by atoms with Crippen LogP contribution in [0.3, 0.4) is 0 Å². The summed E-state index contributed by atoms with van der Waals surface area (Å²) in [5.74, 6) is -3.11. The number of amides is 3. The molecule has 10 heteroatoms. The maximum atomic E-state index is 12.0. The van der Waals surface area contributed by atoms with Crippen LogP contribution in [0.2, 0.25) is 0 Å². The second kappa shape index (κ2) is 7.08. The van der Waals surface area contributed by atoms with Crippen molar-refractivity contribution in [3.8, 4) is 0 Å². The van der Waals surface area contributed by atoms with Gasteiger partial charge in [0, 0.05) is 13.5 Å². The van der Waals surface area contributed by atoms with Gasteiger partial charge in [0.05, 0.1) is 10.6 Å². The number of carboxylic acid groups (broad SMARTS) is 1. The number of carbonyl (C=O) groups excluding carboxylic acids is 3. The SMILES string of the molecule is CN(C(=O)Nc1nc2c(s1)C(=O)CC(C)(C)C2)C(=O)C(=O)O.[NaH]. The number of carboxylic acids is 1. The van der Waals surface area contributed by atoms with E-state index in [1.165, 1.54) is 0 Å². The number of nitrogens with zero attached hydrogens (tertiary/aromatic N) is 2. The first kappa shape index (κ1) is 19.8. The van der Waals surface area contributed by atoms with Crippen molar-refractivity contribution in [2.24, 2.45) is 5.41 Å². The van der Waals surface area contributed by atoms with Crippen LogP contribution in [0.1, 0.15) is 35.6 Å². The van der Waals surface area contributed by atoms with E-state index in [2.05, 4.69) is 10.3 Å². The molecule has 1 aliphatic carbocycles. The molecular formula is C13H16N3NaO5S. The van der Waals surface area contributed by atoms with Gasteiger partial charge in [-0.2, -0.15) is 0 Å². The molecule has 23 heavy (non-hydrogen) atoms. The van der Waals surface area contributed by atoms with Gasteiger partial charge in [-0.3, -0.25) is 19.8 Å². The Hall–Kier alpha value is -1.29. The van der Waals surface area contributed by atoms with E-state index in [0.717, 1.165) is 18.4 Å². The van der Waals surface area contributed by atoms with E-state index in [4.69, 9.17) is 5.11 Å². The number of fused-ring (bicyclic) bond motifs is 1. The Labute approximate surface area is 158 Å². The quantitative estimate of drug-likeness (QED) is 0.570. The van der Waals surface area contributed by atoms with Gasteiger partial charge in [-0.15, -0.1) is 0 Å². The molecule has 0 fully saturated rings. The molecular weight excluding hydrogens is 333 g/mol. The van der Waals surface area contributed by atoms with Crippen LogP contribution in [0.4, 0.5) is 9.93 Å². The average molecular weight is 349 g/mol. The number of hydrogen-bond acceptors (Lipinski definition) is 6. The number of rotatable bonds is 1. The van der Waals surface area contributed by atoms with Gasteiger partial charge in [0.25, 0.3) is 0 Å². The van der Waals surface area contributed by atoms with E-state index in [0.29, 0.717) is 28.3 Å². The van der Waals surface area contributed by atoms with Crippen LogP contribution in [-0.4, -0.2) is 75.3 Å². The summed E-state index contributed by atoms with van der Waals surface area (Å²) < 4.78 is 0. The monoisotopic (exact) mass is 349 g/mol. The van der Waals surface area contributed by atoms with E-state index < -0.39 is 17.9 Å². The van der Waals surface area contributed by atoms with Crippen LogP contribution >= 0.6 is 11.3 Å². The number of anilines is 1. The fourth-order valence-electron chi connectivity index (χ4n) is 2.18. The minimum atomic E-state index is -1.73. The molecule has 2 N–H and O–H groups in total. The van der Waals surface area contributed by atoms with E-state index in [1.54, 1.807) is 0 Å². The number of carbonyl (C=O) groups is 4. The number of imide groups is 1. The number of aromatic nitrogens is 1. The molecule has 0 aliphatic heterocycles. The van der Waals surface area contributed by atoms with Crippen molar-refractivity contribution in [3.63, 3.8) is 0 Å². The molecule has 0 spiro atoms. The molecule has 1 aromatic heterocycles. The first-order valence-corrected chi connectivity index (χ1v) is 7.27. The normalized spacial score (nSPS) is 15.2. The topological polar surface area (TPSA) is 117 Å². The first-order valence-electron chi connectivity index (χ1n) is 6.45. The first-order chi connectivity index (χ1) is 10.1. The summed E-state index contributed by atoms with van der Waals surface area (Å²) >= 11 is 1.03. The molecule has 0 aromatic carbocycles. The average Bonchev–Trinajstić information content (AvgIpc) is 2.77. The van der Waals surface area contributed by atoms with Crippen molar-refractivity contribution in [3.05, 3.63) is 10.6 Å². The van der Waals surface area contributed by atoms with Crippen LogP contribution in [0, 0.1) is 5.41 Å². The number of ketones is 1. The molecule has 1 aromatic rings.